The van der Waals surface area contributed by atoms with Crippen molar-refractivity contribution in [1.29, 1.82) is 0 Å². The Kier molecular flexibility index (Phi) is 5.68. The Morgan fingerprint density at radius 2 is 0.562 bits per heavy atom. The fraction of sp³-hybridized carbons (Fsp3) is 0.0625. The largest absolute Gasteiger partial charge is 0.0622 e. The molecule has 0 spiro atoms. The fourth-order valence-corrected chi connectivity index (χ4v) is 4.24. The Labute approximate surface area is 190 Å². The lowest BCUT2D eigenvalue weighted by Crippen LogP contribution is -1.96. The lowest BCUT2D eigenvalue weighted by molar-refractivity contribution is 0.923. The van der Waals surface area contributed by atoms with Gasteiger partial charge in [-0.2, -0.15) is 0 Å². The van der Waals surface area contributed by atoms with Gasteiger partial charge in [0.05, 0.1) is 0 Å². The van der Waals surface area contributed by atoms with Gasteiger partial charge in [0.15, 0.2) is 0 Å². The van der Waals surface area contributed by atoms with Crippen molar-refractivity contribution >= 4 is 0 Å². The maximum Gasteiger partial charge on any atom is 0.00610 e. The molecule has 0 N–H and O–H groups in total. The van der Waals surface area contributed by atoms with Gasteiger partial charge >= 0.3 is 0 Å². The van der Waals surface area contributed by atoms with E-state index in [1.165, 1.54) is 44.5 Å². The fourth-order valence-electron chi connectivity index (χ4n) is 4.24. The summed E-state index contributed by atoms with van der Waals surface area (Å²) in [5.41, 5.74) is 10.2. The zero-order valence-corrected chi connectivity index (χ0v) is 18.3. The maximum atomic E-state index is 2.28. The first-order valence-electron chi connectivity index (χ1n) is 11.2. The third-order valence-electron chi connectivity index (χ3n) is 6.25. The van der Waals surface area contributed by atoms with Crippen LogP contribution in [-0.4, -0.2) is 0 Å². The smallest absolute Gasteiger partial charge is 0.00610 e. The molecule has 1 unspecified atom stereocenters. The molecule has 0 fully saturated rings. The minimum Gasteiger partial charge on any atom is -0.0622 e. The molecule has 1 atom stereocenters. The topological polar surface area (TPSA) is 0 Å². The third-order valence-corrected chi connectivity index (χ3v) is 6.25. The molecule has 0 aliphatic heterocycles. The average Bonchev–Trinajstić information content (AvgIpc) is 2.90. The van der Waals surface area contributed by atoms with Crippen LogP contribution in [0.15, 0.2) is 133 Å². The van der Waals surface area contributed by atoms with Crippen molar-refractivity contribution in [3.05, 3.63) is 145 Å². The summed E-state index contributed by atoms with van der Waals surface area (Å²) in [5, 5.41) is 0. The lowest BCUT2D eigenvalue weighted by atomic mass is 9.90. The number of rotatable bonds is 5. The second-order valence-corrected chi connectivity index (χ2v) is 8.28. The van der Waals surface area contributed by atoms with E-state index in [1.807, 2.05) is 0 Å². The van der Waals surface area contributed by atoms with E-state index in [0.717, 1.165) is 0 Å². The van der Waals surface area contributed by atoms with Crippen LogP contribution in [0, 0.1) is 0 Å². The highest BCUT2D eigenvalue weighted by molar-refractivity contribution is 5.70. The summed E-state index contributed by atoms with van der Waals surface area (Å²) in [6.45, 7) is 2.28. The van der Waals surface area contributed by atoms with Crippen molar-refractivity contribution in [3.63, 3.8) is 0 Å². The summed E-state index contributed by atoms with van der Waals surface area (Å²) in [5.74, 6) is 0.356. The number of hydrogen-bond donors (Lipinski definition) is 0. The molecule has 32 heavy (non-hydrogen) atoms. The summed E-state index contributed by atoms with van der Waals surface area (Å²) >= 11 is 0. The van der Waals surface area contributed by atoms with E-state index in [-0.39, 0.29) is 0 Å². The Morgan fingerprint density at radius 3 is 0.875 bits per heavy atom. The van der Waals surface area contributed by atoms with Crippen LogP contribution >= 0.6 is 0 Å². The molecule has 154 valence electrons. The molecule has 5 aromatic rings. The molecule has 0 heterocycles. The highest BCUT2D eigenvalue weighted by Crippen LogP contribution is 2.30. The molecular weight excluding hydrogens is 384 g/mol. The summed E-state index contributed by atoms with van der Waals surface area (Å²) in [4.78, 5) is 0. The highest BCUT2D eigenvalue weighted by Gasteiger charge is 2.09. The second-order valence-electron chi connectivity index (χ2n) is 8.28. The van der Waals surface area contributed by atoms with Gasteiger partial charge in [-0.1, -0.05) is 140 Å². The molecule has 0 aromatic heterocycles. The van der Waals surface area contributed by atoms with Gasteiger partial charge in [-0.25, -0.2) is 0 Å². The predicted octanol–water partition coefficient (Wildman–Crippen LogP) is 8.84. The molecule has 0 bridgehead atoms. The van der Waals surface area contributed by atoms with E-state index in [4.69, 9.17) is 0 Å². The van der Waals surface area contributed by atoms with Gasteiger partial charge in [-0.05, 0) is 44.5 Å². The monoisotopic (exact) mass is 410 g/mol. The van der Waals surface area contributed by atoms with Crippen LogP contribution in [0.5, 0.6) is 0 Å². The molecule has 5 rings (SSSR count). The van der Waals surface area contributed by atoms with Gasteiger partial charge in [-0.3, -0.25) is 0 Å². The van der Waals surface area contributed by atoms with E-state index in [2.05, 4.69) is 140 Å². The molecule has 5 aromatic carbocycles. The molecule has 0 nitrogen and oxygen atoms in total. The van der Waals surface area contributed by atoms with Gasteiger partial charge in [0, 0.05) is 5.92 Å². The molecule has 0 radical (unpaired) electrons. The van der Waals surface area contributed by atoms with Crippen molar-refractivity contribution in [2.75, 3.05) is 0 Å². The van der Waals surface area contributed by atoms with Gasteiger partial charge < -0.3 is 0 Å². The average molecular weight is 411 g/mol. The van der Waals surface area contributed by atoms with Crippen LogP contribution in [0.1, 0.15) is 24.0 Å². The second kappa shape index (κ2) is 9.08. The van der Waals surface area contributed by atoms with Gasteiger partial charge in [0.1, 0.15) is 0 Å². The molecule has 0 saturated heterocycles. The van der Waals surface area contributed by atoms with E-state index in [0.29, 0.717) is 5.92 Å². The summed E-state index contributed by atoms with van der Waals surface area (Å²) in [7, 11) is 0. The van der Waals surface area contributed by atoms with Crippen molar-refractivity contribution in [2.24, 2.45) is 0 Å². The highest BCUT2D eigenvalue weighted by atomic mass is 14.1. The van der Waals surface area contributed by atoms with Crippen LogP contribution in [0.25, 0.3) is 33.4 Å². The predicted molar refractivity (Wildman–Crippen MR) is 137 cm³/mol. The lowest BCUT2D eigenvalue weighted by Gasteiger charge is -2.14. The Morgan fingerprint density at radius 1 is 0.312 bits per heavy atom. The van der Waals surface area contributed by atoms with Gasteiger partial charge in [0.25, 0.3) is 0 Å². The summed E-state index contributed by atoms with van der Waals surface area (Å²) < 4.78 is 0. The Balaban J connectivity index is 1.32. The molecule has 0 saturated carbocycles. The molecular formula is C32H26. The summed E-state index contributed by atoms with van der Waals surface area (Å²) in [6.07, 6.45) is 0. The normalized spacial score (nSPS) is 11.8. The van der Waals surface area contributed by atoms with Crippen LogP contribution in [0.4, 0.5) is 0 Å². The first-order valence-corrected chi connectivity index (χ1v) is 11.2. The standard InChI is InChI=1S/C32H26/c1-24(25-12-16-29(17-13-25)27-8-4-2-5-9-27)26-14-18-31(19-15-26)32-22-20-30(21-23-32)28-10-6-3-7-11-28/h2-24H,1H3. The van der Waals surface area contributed by atoms with Crippen LogP contribution in [0.2, 0.25) is 0 Å². The first kappa shape index (κ1) is 20.0. The van der Waals surface area contributed by atoms with Gasteiger partial charge in [-0.15, -0.1) is 0 Å². The van der Waals surface area contributed by atoms with Crippen molar-refractivity contribution < 1.29 is 0 Å². The number of hydrogen-bond acceptors (Lipinski definition) is 0. The molecule has 0 aliphatic carbocycles. The zero-order chi connectivity index (χ0) is 21.8. The SMILES string of the molecule is CC(c1ccc(-c2ccccc2)cc1)c1ccc(-c2ccc(-c3ccccc3)cc2)cc1. The minimum atomic E-state index is 0.356. The molecule has 0 aliphatic rings. The zero-order valence-electron chi connectivity index (χ0n) is 18.3. The van der Waals surface area contributed by atoms with Gasteiger partial charge in [0.2, 0.25) is 0 Å². The molecule has 0 heteroatoms. The van der Waals surface area contributed by atoms with Crippen LogP contribution < -0.4 is 0 Å². The Bertz CT molecular complexity index is 1260. The Hall–Kier alpha value is -3.90. The third kappa shape index (κ3) is 4.26. The van der Waals surface area contributed by atoms with Crippen molar-refractivity contribution in [3.8, 4) is 33.4 Å². The van der Waals surface area contributed by atoms with E-state index >= 15 is 0 Å². The quantitative estimate of drug-likeness (QED) is 0.271. The van der Waals surface area contributed by atoms with Crippen LogP contribution in [-0.2, 0) is 0 Å². The van der Waals surface area contributed by atoms with E-state index in [9.17, 15) is 0 Å². The summed E-state index contributed by atoms with van der Waals surface area (Å²) in [6, 6.07) is 47.8. The minimum absolute atomic E-state index is 0.356. The first-order chi connectivity index (χ1) is 15.8. The van der Waals surface area contributed by atoms with E-state index < -0.39 is 0 Å². The number of benzene rings is 5. The maximum absolute atomic E-state index is 2.28. The van der Waals surface area contributed by atoms with Crippen LogP contribution in [0.3, 0.4) is 0 Å². The van der Waals surface area contributed by atoms with Crippen molar-refractivity contribution in [1.82, 2.24) is 0 Å². The van der Waals surface area contributed by atoms with Crippen molar-refractivity contribution in [2.45, 2.75) is 12.8 Å². The molecule has 0 amide bonds. The van der Waals surface area contributed by atoms with E-state index in [1.54, 1.807) is 0 Å².